The van der Waals surface area contributed by atoms with Crippen molar-refractivity contribution >= 4 is 11.5 Å². The monoisotopic (exact) mass is 337 g/mol. The molecule has 25 heavy (non-hydrogen) atoms. The van der Waals surface area contributed by atoms with E-state index in [9.17, 15) is 0 Å². The summed E-state index contributed by atoms with van der Waals surface area (Å²) in [6.07, 6.45) is 8.47. The second-order valence-corrected chi connectivity index (χ2v) is 8.45. The van der Waals surface area contributed by atoms with E-state index in [0.29, 0.717) is 11.9 Å². The van der Waals surface area contributed by atoms with Crippen LogP contribution in [0.1, 0.15) is 68.1 Å². The molecule has 0 bridgehead atoms. The smallest absolute Gasteiger partial charge is 0.184 e. The number of fused-ring (bicyclic) bond motifs is 3. The number of rotatable bonds is 2. The van der Waals surface area contributed by atoms with E-state index in [0.717, 1.165) is 43.7 Å². The Kier molecular flexibility index (Phi) is 3.22. The number of methoxy groups -OCH3 is 1. The van der Waals surface area contributed by atoms with E-state index in [1.54, 1.807) is 0 Å². The number of nitrogens with two attached hydrogens (primary N) is 1. The summed E-state index contributed by atoms with van der Waals surface area (Å²) in [4.78, 5) is 10.2. The van der Waals surface area contributed by atoms with Crippen LogP contribution in [-0.4, -0.2) is 24.8 Å². The summed E-state index contributed by atoms with van der Waals surface area (Å²) >= 11 is 0. The van der Waals surface area contributed by atoms with Crippen molar-refractivity contribution in [3.63, 3.8) is 0 Å². The van der Waals surface area contributed by atoms with Gasteiger partial charge < -0.3 is 10.5 Å². The Morgan fingerprint density at radius 3 is 2.48 bits per heavy atom. The lowest BCUT2D eigenvalue weighted by molar-refractivity contribution is -0.000384. The van der Waals surface area contributed by atoms with Crippen molar-refractivity contribution in [3.05, 3.63) is 34.9 Å². The Morgan fingerprint density at radius 1 is 1.12 bits per heavy atom. The van der Waals surface area contributed by atoms with Crippen molar-refractivity contribution in [2.75, 3.05) is 7.11 Å². The van der Waals surface area contributed by atoms with Crippen LogP contribution in [-0.2, 0) is 16.8 Å². The van der Waals surface area contributed by atoms with E-state index in [1.807, 2.05) is 14.0 Å². The number of aliphatic imine (C=N–C) groups is 2. The molecular weight excluding hydrogens is 310 g/mol. The minimum atomic E-state index is -0.486. The first kappa shape index (κ1) is 15.6. The van der Waals surface area contributed by atoms with Gasteiger partial charge in [-0.1, -0.05) is 18.2 Å². The normalized spacial score (nSPS) is 36.6. The molecule has 132 valence electrons. The molecule has 1 heterocycles. The lowest BCUT2D eigenvalue weighted by Gasteiger charge is -2.44. The van der Waals surface area contributed by atoms with Crippen LogP contribution in [0.4, 0.5) is 0 Å². The van der Waals surface area contributed by atoms with Gasteiger partial charge in [0.1, 0.15) is 5.84 Å². The molecule has 0 amide bonds. The predicted molar refractivity (Wildman–Crippen MR) is 100 cm³/mol. The van der Waals surface area contributed by atoms with Gasteiger partial charge in [0.25, 0.3) is 0 Å². The lowest BCUT2D eigenvalue weighted by Crippen LogP contribution is -2.43. The zero-order valence-corrected chi connectivity index (χ0v) is 15.2. The average molecular weight is 337 g/mol. The van der Waals surface area contributed by atoms with Gasteiger partial charge in [-0.15, -0.1) is 0 Å². The fourth-order valence-corrected chi connectivity index (χ4v) is 5.36. The first-order chi connectivity index (χ1) is 12.1. The summed E-state index contributed by atoms with van der Waals surface area (Å²) in [7, 11) is 1.83. The summed E-state index contributed by atoms with van der Waals surface area (Å²) in [5.41, 5.74) is 10.9. The van der Waals surface area contributed by atoms with E-state index in [1.165, 1.54) is 29.5 Å². The van der Waals surface area contributed by atoms with Gasteiger partial charge in [0.2, 0.25) is 0 Å². The summed E-state index contributed by atoms with van der Waals surface area (Å²) in [6, 6.07) is 7.09. The quantitative estimate of drug-likeness (QED) is 0.895. The number of nitrogens with zero attached hydrogens (tertiary/aromatic N) is 2. The second-order valence-electron chi connectivity index (χ2n) is 8.45. The highest BCUT2D eigenvalue weighted by Gasteiger charge is 2.60. The molecule has 1 aliphatic heterocycles. The van der Waals surface area contributed by atoms with Gasteiger partial charge in [-0.05, 0) is 68.9 Å². The van der Waals surface area contributed by atoms with Gasteiger partial charge in [0.05, 0.1) is 11.8 Å². The van der Waals surface area contributed by atoms with Gasteiger partial charge in [-0.25, -0.2) is 4.99 Å². The number of hydrogen-bond acceptors (Lipinski definition) is 4. The molecule has 1 aromatic carbocycles. The maximum absolute atomic E-state index is 6.24. The van der Waals surface area contributed by atoms with Gasteiger partial charge in [-0.3, -0.25) is 4.99 Å². The second kappa shape index (κ2) is 5.16. The summed E-state index contributed by atoms with van der Waals surface area (Å²) < 4.78 is 5.63. The molecule has 2 saturated carbocycles. The standard InChI is InChI=1S/C21H27N3O/c1-13-19(22)24-21(23-13)18-11-15(14-3-4-14)5-6-16(18)12-20(21)9-7-17(25-2)8-10-20/h5-6,11,14,17H,3-4,7-10,12H2,1-2H3,(H2,22,24). The van der Waals surface area contributed by atoms with Crippen molar-refractivity contribution in [2.24, 2.45) is 21.1 Å². The SMILES string of the molecule is COC1CCC2(CC1)Cc1ccc(C3CC3)cc1C21N=C(C)C(N)=N1. The largest absolute Gasteiger partial charge is 0.382 e. The first-order valence-electron chi connectivity index (χ1n) is 9.65. The van der Waals surface area contributed by atoms with Crippen molar-refractivity contribution in [1.82, 2.24) is 0 Å². The molecule has 2 N–H and O–H groups in total. The molecule has 1 unspecified atom stereocenters. The third-order valence-corrected chi connectivity index (χ3v) is 7.03. The molecule has 0 saturated heterocycles. The van der Waals surface area contributed by atoms with Crippen molar-refractivity contribution in [3.8, 4) is 0 Å². The van der Waals surface area contributed by atoms with Gasteiger partial charge in [-0.2, -0.15) is 0 Å². The van der Waals surface area contributed by atoms with Crippen LogP contribution in [0.15, 0.2) is 28.2 Å². The highest BCUT2D eigenvalue weighted by molar-refractivity contribution is 6.41. The fourth-order valence-electron chi connectivity index (χ4n) is 5.36. The highest BCUT2D eigenvalue weighted by Crippen LogP contribution is 2.62. The molecule has 2 fully saturated rings. The Bertz CT molecular complexity index is 764. The van der Waals surface area contributed by atoms with Crippen LogP contribution in [0.2, 0.25) is 0 Å². The van der Waals surface area contributed by atoms with Crippen LogP contribution >= 0.6 is 0 Å². The van der Waals surface area contributed by atoms with Crippen LogP contribution in [0.5, 0.6) is 0 Å². The number of benzene rings is 1. The minimum absolute atomic E-state index is 0.0644. The lowest BCUT2D eigenvalue weighted by atomic mass is 9.65. The van der Waals surface area contributed by atoms with Crippen LogP contribution < -0.4 is 5.73 Å². The zero-order valence-electron chi connectivity index (χ0n) is 15.2. The highest BCUT2D eigenvalue weighted by atomic mass is 16.5. The van der Waals surface area contributed by atoms with Gasteiger partial charge in [0, 0.05) is 18.1 Å². The van der Waals surface area contributed by atoms with Crippen molar-refractivity contribution in [1.29, 1.82) is 0 Å². The zero-order chi connectivity index (χ0) is 17.2. The average Bonchev–Trinajstić information content (AvgIpc) is 3.38. The minimum Gasteiger partial charge on any atom is -0.382 e. The van der Waals surface area contributed by atoms with E-state index >= 15 is 0 Å². The molecule has 0 aromatic heterocycles. The molecule has 4 aliphatic rings. The molecule has 1 aromatic rings. The fraction of sp³-hybridized carbons (Fsp3) is 0.619. The molecule has 2 spiro atoms. The molecule has 0 radical (unpaired) electrons. The molecule has 5 rings (SSSR count). The topological polar surface area (TPSA) is 60.0 Å². The third-order valence-electron chi connectivity index (χ3n) is 7.03. The van der Waals surface area contributed by atoms with E-state index < -0.39 is 5.66 Å². The van der Waals surface area contributed by atoms with Crippen LogP contribution in [0.25, 0.3) is 0 Å². The molecule has 4 heteroatoms. The van der Waals surface area contributed by atoms with Crippen molar-refractivity contribution in [2.45, 2.75) is 69.6 Å². The van der Waals surface area contributed by atoms with Crippen LogP contribution in [0.3, 0.4) is 0 Å². The van der Waals surface area contributed by atoms with E-state index in [-0.39, 0.29) is 5.41 Å². The summed E-state index contributed by atoms with van der Waals surface area (Å²) in [6.45, 7) is 2.00. The van der Waals surface area contributed by atoms with Gasteiger partial charge >= 0.3 is 0 Å². The van der Waals surface area contributed by atoms with Gasteiger partial charge in [0.15, 0.2) is 5.66 Å². The Labute approximate surface area is 149 Å². The maximum Gasteiger partial charge on any atom is 0.184 e. The maximum atomic E-state index is 6.24. The summed E-state index contributed by atoms with van der Waals surface area (Å²) in [5, 5.41) is 0. The molecular formula is C21H27N3O. The molecule has 1 atom stereocenters. The Hall–Kier alpha value is -1.68. The van der Waals surface area contributed by atoms with E-state index in [4.69, 9.17) is 20.5 Å². The molecule has 3 aliphatic carbocycles. The number of amidine groups is 1. The Balaban J connectivity index is 1.64. The predicted octanol–water partition coefficient (Wildman–Crippen LogP) is 3.68. The van der Waals surface area contributed by atoms with E-state index in [2.05, 4.69) is 18.2 Å². The third kappa shape index (κ3) is 2.10. The first-order valence-corrected chi connectivity index (χ1v) is 9.65. The number of ether oxygens (including phenoxy) is 1. The Morgan fingerprint density at radius 2 is 1.88 bits per heavy atom. The van der Waals surface area contributed by atoms with Crippen molar-refractivity contribution < 1.29 is 4.74 Å². The summed E-state index contributed by atoms with van der Waals surface area (Å²) in [5.74, 6) is 1.37. The van der Waals surface area contributed by atoms with Crippen LogP contribution in [0, 0.1) is 5.41 Å². The number of hydrogen-bond donors (Lipinski definition) is 1. The molecule has 4 nitrogen and oxygen atoms in total.